The Hall–Kier alpha value is -3.93. The summed E-state index contributed by atoms with van der Waals surface area (Å²) in [5, 5.41) is 12.5. The van der Waals surface area contributed by atoms with Crippen LogP contribution in [0, 0.1) is 5.41 Å². The summed E-state index contributed by atoms with van der Waals surface area (Å²) in [6.07, 6.45) is 4.63. The van der Waals surface area contributed by atoms with Crippen LogP contribution in [0.25, 0.3) is 22.2 Å². The van der Waals surface area contributed by atoms with Crippen molar-refractivity contribution in [3.8, 4) is 11.1 Å². The molecular weight excluding hydrogens is 440 g/mol. The van der Waals surface area contributed by atoms with Crippen LogP contribution in [0.2, 0.25) is 0 Å². The van der Waals surface area contributed by atoms with E-state index in [1.165, 1.54) is 24.0 Å². The van der Waals surface area contributed by atoms with Crippen LogP contribution in [0.4, 0.5) is 11.7 Å². The molecule has 0 unspecified atom stereocenters. The van der Waals surface area contributed by atoms with Crippen molar-refractivity contribution in [1.82, 2.24) is 4.98 Å². The number of hydrogen-bond donors (Lipinski definition) is 2. The Bertz CT molecular complexity index is 1360. The predicted molar refractivity (Wildman–Crippen MR) is 136 cm³/mol. The van der Waals surface area contributed by atoms with E-state index in [9.17, 15) is 14.7 Å². The molecule has 1 aliphatic rings. The molecule has 1 aromatic heterocycles. The number of rotatable bonds is 7. The lowest BCUT2D eigenvalue weighted by Crippen LogP contribution is -2.26. The van der Waals surface area contributed by atoms with Gasteiger partial charge in [0.05, 0.1) is 5.41 Å². The van der Waals surface area contributed by atoms with E-state index < -0.39 is 11.4 Å². The Morgan fingerprint density at radius 3 is 2.17 bits per heavy atom. The number of nitrogens with one attached hydrogen (secondary N) is 1. The van der Waals surface area contributed by atoms with E-state index in [0.717, 1.165) is 40.8 Å². The fourth-order valence-corrected chi connectivity index (χ4v) is 4.51. The minimum absolute atomic E-state index is 0.0412. The molecule has 6 heteroatoms. The zero-order valence-corrected chi connectivity index (χ0v) is 19.9. The van der Waals surface area contributed by atoms with Gasteiger partial charge in [-0.1, -0.05) is 36.4 Å². The third kappa shape index (κ3) is 4.83. The fourth-order valence-electron chi connectivity index (χ4n) is 4.51. The lowest BCUT2D eigenvalue weighted by Gasteiger charge is -2.17. The Morgan fingerprint density at radius 1 is 0.943 bits per heavy atom. The molecule has 5 rings (SSSR count). The van der Waals surface area contributed by atoms with Crippen molar-refractivity contribution in [2.24, 2.45) is 5.41 Å². The first-order valence-electron chi connectivity index (χ1n) is 11.9. The van der Waals surface area contributed by atoms with Gasteiger partial charge in [0.15, 0.2) is 11.4 Å². The number of hydrogen-bond acceptors (Lipinski definition) is 5. The van der Waals surface area contributed by atoms with Crippen molar-refractivity contribution in [2.75, 3.05) is 5.32 Å². The first-order chi connectivity index (χ1) is 16.8. The number of benzene rings is 3. The van der Waals surface area contributed by atoms with Gasteiger partial charge in [-0.05, 0) is 86.1 Å². The van der Waals surface area contributed by atoms with E-state index in [2.05, 4.69) is 22.4 Å². The number of carboxylic acid groups (broad SMARTS) is 1. The van der Waals surface area contributed by atoms with Gasteiger partial charge in [-0.15, -0.1) is 0 Å². The van der Waals surface area contributed by atoms with Crippen LogP contribution in [-0.2, 0) is 17.6 Å². The molecule has 0 aliphatic heterocycles. The highest BCUT2D eigenvalue weighted by atomic mass is 16.4. The summed E-state index contributed by atoms with van der Waals surface area (Å²) in [4.78, 5) is 28.4. The number of aryl methyl sites for hydroxylation is 2. The maximum absolute atomic E-state index is 12.5. The van der Waals surface area contributed by atoms with Gasteiger partial charge in [0.25, 0.3) is 6.01 Å². The van der Waals surface area contributed by atoms with Crippen molar-refractivity contribution in [1.29, 1.82) is 0 Å². The molecule has 3 aromatic carbocycles. The topological polar surface area (TPSA) is 92.4 Å². The van der Waals surface area contributed by atoms with E-state index >= 15 is 0 Å². The van der Waals surface area contributed by atoms with Crippen molar-refractivity contribution in [3.63, 3.8) is 0 Å². The molecule has 35 heavy (non-hydrogen) atoms. The van der Waals surface area contributed by atoms with Gasteiger partial charge in [-0.3, -0.25) is 9.59 Å². The number of aromatic nitrogens is 1. The van der Waals surface area contributed by atoms with Crippen LogP contribution in [0.1, 0.15) is 54.6 Å². The summed E-state index contributed by atoms with van der Waals surface area (Å²) in [7, 11) is 0. The summed E-state index contributed by atoms with van der Waals surface area (Å²) in [5.74, 6) is -1.16. The first-order valence-corrected chi connectivity index (χ1v) is 11.9. The first kappa shape index (κ1) is 22.8. The number of carbonyl (C=O) groups is 2. The van der Waals surface area contributed by atoms with Crippen molar-refractivity contribution in [2.45, 2.75) is 46.0 Å². The number of carboxylic acids is 1. The van der Waals surface area contributed by atoms with E-state index in [1.54, 1.807) is 26.0 Å². The van der Waals surface area contributed by atoms with Crippen molar-refractivity contribution < 1.29 is 19.1 Å². The van der Waals surface area contributed by atoms with E-state index in [1.807, 2.05) is 36.4 Å². The standard InChI is InChI=1S/C29H28N2O4/c1-29(2,27(33)34)17-25(32)20-9-7-18(8-10-20)19-11-13-23(14-12-19)30-28-31-24-15-21-5-3-4-6-22(21)16-26(24)35-28/h7-16H,3-6,17H2,1-2H3,(H,30,31)(H,33,34). The third-order valence-corrected chi connectivity index (χ3v) is 6.71. The van der Waals surface area contributed by atoms with Crippen LogP contribution in [0.15, 0.2) is 65.1 Å². The monoisotopic (exact) mass is 468 g/mol. The van der Waals surface area contributed by atoms with Gasteiger partial charge in [0.1, 0.15) is 5.52 Å². The highest BCUT2D eigenvalue weighted by Crippen LogP contribution is 2.30. The molecule has 0 bridgehead atoms. The molecule has 0 atom stereocenters. The van der Waals surface area contributed by atoms with Gasteiger partial charge >= 0.3 is 5.97 Å². The molecule has 6 nitrogen and oxygen atoms in total. The lowest BCUT2D eigenvalue weighted by atomic mass is 9.85. The highest BCUT2D eigenvalue weighted by molar-refractivity contribution is 5.99. The minimum Gasteiger partial charge on any atom is -0.481 e. The smallest absolute Gasteiger partial charge is 0.309 e. The van der Waals surface area contributed by atoms with E-state index in [0.29, 0.717) is 11.6 Å². The SMILES string of the molecule is CC(C)(CC(=O)c1ccc(-c2ccc(Nc3nc4cc5c(cc4o3)CCCC5)cc2)cc1)C(=O)O. The maximum Gasteiger partial charge on any atom is 0.309 e. The van der Waals surface area contributed by atoms with Gasteiger partial charge < -0.3 is 14.8 Å². The second kappa shape index (κ2) is 9.02. The Morgan fingerprint density at radius 2 is 1.54 bits per heavy atom. The molecule has 0 spiro atoms. The van der Waals surface area contributed by atoms with Crippen LogP contribution in [0.5, 0.6) is 0 Å². The zero-order valence-electron chi connectivity index (χ0n) is 19.9. The molecule has 0 fully saturated rings. The van der Waals surface area contributed by atoms with Crippen molar-refractivity contribution >= 4 is 34.6 Å². The molecule has 2 N–H and O–H groups in total. The zero-order chi connectivity index (χ0) is 24.6. The van der Waals surface area contributed by atoms with Crippen LogP contribution in [0.3, 0.4) is 0 Å². The Labute approximate surface area is 204 Å². The normalized spacial score (nSPS) is 13.4. The average Bonchev–Trinajstić information content (AvgIpc) is 3.23. The number of fused-ring (bicyclic) bond motifs is 2. The predicted octanol–water partition coefficient (Wildman–Crippen LogP) is 6.80. The number of anilines is 2. The molecule has 4 aromatic rings. The number of nitrogens with zero attached hydrogens (tertiary/aromatic N) is 1. The molecule has 178 valence electrons. The lowest BCUT2D eigenvalue weighted by molar-refractivity contribution is -0.146. The maximum atomic E-state index is 12.5. The third-order valence-electron chi connectivity index (χ3n) is 6.71. The number of aliphatic carboxylic acids is 1. The Balaban J connectivity index is 1.27. The molecular formula is C29H28N2O4. The van der Waals surface area contributed by atoms with Crippen LogP contribution < -0.4 is 5.32 Å². The van der Waals surface area contributed by atoms with Gasteiger partial charge in [0, 0.05) is 17.7 Å². The Kier molecular flexibility index (Phi) is 5.89. The van der Waals surface area contributed by atoms with Gasteiger partial charge in [-0.2, -0.15) is 4.98 Å². The summed E-state index contributed by atoms with van der Waals surface area (Å²) in [6.45, 7) is 3.12. The fraction of sp³-hybridized carbons (Fsp3) is 0.276. The number of Topliss-reactive ketones (excluding diaryl/α,β-unsaturated/α-hetero) is 1. The molecule has 1 heterocycles. The average molecular weight is 469 g/mol. The van der Waals surface area contributed by atoms with Crippen LogP contribution >= 0.6 is 0 Å². The number of ketones is 1. The molecule has 0 radical (unpaired) electrons. The van der Waals surface area contributed by atoms with Gasteiger partial charge in [-0.25, -0.2) is 0 Å². The number of carbonyl (C=O) groups excluding carboxylic acids is 1. The second-order valence-electron chi connectivity index (χ2n) is 9.88. The summed E-state index contributed by atoms with van der Waals surface area (Å²) in [6, 6.07) is 19.9. The second-order valence-corrected chi connectivity index (χ2v) is 9.88. The largest absolute Gasteiger partial charge is 0.481 e. The highest BCUT2D eigenvalue weighted by Gasteiger charge is 2.30. The summed E-state index contributed by atoms with van der Waals surface area (Å²) >= 11 is 0. The molecule has 1 aliphatic carbocycles. The summed E-state index contributed by atoms with van der Waals surface area (Å²) < 4.78 is 5.95. The molecule has 0 saturated carbocycles. The van der Waals surface area contributed by atoms with Crippen LogP contribution in [-0.4, -0.2) is 21.8 Å². The summed E-state index contributed by atoms with van der Waals surface area (Å²) in [5.41, 5.74) is 6.71. The quantitative estimate of drug-likeness (QED) is 0.290. The minimum atomic E-state index is -1.09. The van der Waals surface area contributed by atoms with E-state index in [4.69, 9.17) is 4.42 Å². The number of oxazole rings is 1. The molecule has 0 saturated heterocycles. The van der Waals surface area contributed by atoms with Gasteiger partial charge in [0.2, 0.25) is 0 Å². The molecule has 0 amide bonds. The van der Waals surface area contributed by atoms with E-state index in [-0.39, 0.29) is 12.2 Å². The van der Waals surface area contributed by atoms with Crippen molar-refractivity contribution in [3.05, 3.63) is 77.4 Å².